The van der Waals surface area contributed by atoms with Crippen molar-refractivity contribution in [2.45, 2.75) is 12.5 Å². The second kappa shape index (κ2) is 8.86. The van der Waals surface area contributed by atoms with Crippen LogP contribution in [0.3, 0.4) is 0 Å². The Morgan fingerprint density at radius 1 is 1.03 bits per heavy atom. The third-order valence-corrected chi connectivity index (χ3v) is 5.91. The Balaban J connectivity index is 1.31. The summed E-state index contributed by atoms with van der Waals surface area (Å²) in [6, 6.07) is 20.4. The standard InChI is InChI=1S/C27H25NO4/c1-28-15-14-21-17-24-26(32-18-31-24)27(29-2)25(21)23(28)9-6-16-30-22-12-10-20(11-13-22)19-7-4-3-5-8-19/h3-5,7-8,10-13,17,23H,14-16,18H2,1-2H3/t23-/m1/s1. The third kappa shape index (κ3) is 3.86. The molecule has 0 fully saturated rings. The molecule has 0 aliphatic carbocycles. The molecule has 5 heteroatoms. The first-order valence-electron chi connectivity index (χ1n) is 10.7. The summed E-state index contributed by atoms with van der Waals surface area (Å²) in [5.41, 5.74) is 4.61. The van der Waals surface area contributed by atoms with E-state index in [1.807, 2.05) is 30.3 Å². The highest BCUT2D eigenvalue weighted by Gasteiger charge is 2.33. The van der Waals surface area contributed by atoms with Crippen LogP contribution < -0.4 is 18.9 Å². The van der Waals surface area contributed by atoms with Crippen LogP contribution in [0.15, 0.2) is 60.7 Å². The second-order valence-corrected chi connectivity index (χ2v) is 7.85. The van der Waals surface area contributed by atoms with Gasteiger partial charge in [-0.05, 0) is 48.4 Å². The van der Waals surface area contributed by atoms with Crippen LogP contribution in [0.25, 0.3) is 11.1 Å². The number of benzene rings is 3. The van der Waals surface area contributed by atoms with E-state index in [2.05, 4.69) is 54.1 Å². The van der Waals surface area contributed by atoms with Crippen molar-refractivity contribution in [3.63, 3.8) is 0 Å². The molecule has 0 spiro atoms. The molecular formula is C27H25NO4. The molecule has 3 aromatic carbocycles. The molecule has 3 aromatic rings. The van der Waals surface area contributed by atoms with Gasteiger partial charge in [-0.1, -0.05) is 54.3 Å². The summed E-state index contributed by atoms with van der Waals surface area (Å²) in [5.74, 6) is 9.52. The van der Waals surface area contributed by atoms with Gasteiger partial charge in [0, 0.05) is 12.1 Å². The minimum Gasteiger partial charge on any atom is -0.492 e. The summed E-state index contributed by atoms with van der Waals surface area (Å²) in [6.07, 6.45) is 0.918. The van der Waals surface area contributed by atoms with Gasteiger partial charge in [-0.3, -0.25) is 4.90 Å². The van der Waals surface area contributed by atoms with Crippen LogP contribution in [0.1, 0.15) is 17.2 Å². The SMILES string of the molecule is COc1c2c(cc3c1[C@@H](C#CCOc1ccc(-c4ccccc4)cc1)N(C)CC3)OCO2. The van der Waals surface area contributed by atoms with E-state index in [-0.39, 0.29) is 12.8 Å². The van der Waals surface area contributed by atoms with Gasteiger partial charge < -0.3 is 18.9 Å². The maximum atomic E-state index is 5.87. The Hall–Kier alpha value is -3.62. The van der Waals surface area contributed by atoms with Crippen molar-refractivity contribution in [1.82, 2.24) is 4.90 Å². The van der Waals surface area contributed by atoms with Crippen molar-refractivity contribution >= 4 is 0 Å². The Morgan fingerprint density at radius 2 is 1.81 bits per heavy atom. The predicted octanol–water partition coefficient (Wildman–Crippen LogP) is 4.70. The van der Waals surface area contributed by atoms with Crippen LogP contribution in [0, 0.1) is 11.8 Å². The zero-order valence-electron chi connectivity index (χ0n) is 18.3. The Kier molecular flexibility index (Phi) is 5.62. The lowest BCUT2D eigenvalue weighted by atomic mass is 9.91. The maximum absolute atomic E-state index is 5.87. The molecule has 162 valence electrons. The minimum absolute atomic E-state index is 0.0905. The molecule has 0 unspecified atom stereocenters. The molecule has 5 rings (SSSR count). The molecule has 0 N–H and O–H groups in total. The summed E-state index contributed by atoms with van der Waals surface area (Å²) in [4.78, 5) is 2.23. The summed E-state index contributed by atoms with van der Waals surface area (Å²) in [6.45, 7) is 1.45. The predicted molar refractivity (Wildman–Crippen MR) is 123 cm³/mol. The average Bonchev–Trinajstić information content (AvgIpc) is 3.31. The van der Waals surface area contributed by atoms with Crippen LogP contribution in [-0.2, 0) is 6.42 Å². The highest BCUT2D eigenvalue weighted by atomic mass is 16.7. The normalized spacial score (nSPS) is 16.6. The molecule has 0 amide bonds. The van der Waals surface area contributed by atoms with Crippen LogP contribution in [0.2, 0.25) is 0 Å². The summed E-state index contributed by atoms with van der Waals surface area (Å²) in [5, 5.41) is 0. The summed E-state index contributed by atoms with van der Waals surface area (Å²) in [7, 11) is 3.74. The fraction of sp³-hybridized carbons (Fsp3) is 0.259. The van der Waals surface area contributed by atoms with E-state index in [0.717, 1.165) is 41.3 Å². The smallest absolute Gasteiger partial charge is 0.231 e. The van der Waals surface area contributed by atoms with Crippen LogP contribution in [-0.4, -0.2) is 39.0 Å². The average molecular weight is 428 g/mol. The van der Waals surface area contributed by atoms with Crippen molar-refractivity contribution in [3.05, 3.63) is 71.8 Å². The van der Waals surface area contributed by atoms with Gasteiger partial charge in [-0.15, -0.1) is 0 Å². The lowest BCUT2D eigenvalue weighted by Gasteiger charge is -2.32. The topological polar surface area (TPSA) is 40.2 Å². The third-order valence-electron chi connectivity index (χ3n) is 5.91. The fourth-order valence-corrected chi connectivity index (χ4v) is 4.25. The maximum Gasteiger partial charge on any atom is 0.231 e. The largest absolute Gasteiger partial charge is 0.492 e. The molecule has 32 heavy (non-hydrogen) atoms. The molecule has 0 aromatic heterocycles. The summed E-state index contributed by atoms with van der Waals surface area (Å²) >= 11 is 0. The van der Waals surface area contributed by atoms with E-state index in [4.69, 9.17) is 18.9 Å². The molecule has 0 saturated heterocycles. The first-order chi connectivity index (χ1) is 15.7. The van der Waals surface area contributed by atoms with Crippen molar-refractivity contribution in [3.8, 4) is 46.0 Å². The van der Waals surface area contributed by atoms with E-state index in [1.165, 1.54) is 11.1 Å². The second-order valence-electron chi connectivity index (χ2n) is 7.85. The van der Waals surface area contributed by atoms with E-state index in [0.29, 0.717) is 12.4 Å². The molecule has 2 aliphatic heterocycles. The molecule has 2 aliphatic rings. The van der Waals surface area contributed by atoms with Gasteiger partial charge in [0.1, 0.15) is 18.4 Å². The number of likely N-dealkylation sites (N-methyl/N-ethyl adjacent to an activating group) is 1. The summed E-state index contributed by atoms with van der Waals surface area (Å²) < 4.78 is 22.8. The van der Waals surface area contributed by atoms with Gasteiger partial charge in [-0.2, -0.15) is 0 Å². The molecule has 5 nitrogen and oxygen atoms in total. The first kappa shape index (κ1) is 20.3. The first-order valence-corrected chi connectivity index (χ1v) is 10.7. The molecular weight excluding hydrogens is 402 g/mol. The quantitative estimate of drug-likeness (QED) is 0.565. The van der Waals surface area contributed by atoms with Gasteiger partial charge >= 0.3 is 0 Å². The molecule has 0 bridgehead atoms. The number of hydrogen-bond donors (Lipinski definition) is 0. The van der Waals surface area contributed by atoms with Crippen LogP contribution >= 0.6 is 0 Å². The van der Waals surface area contributed by atoms with Crippen molar-refractivity contribution < 1.29 is 18.9 Å². The molecule has 0 radical (unpaired) electrons. The number of fused-ring (bicyclic) bond motifs is 2. The van der Waals surface area contributed by atoms with Gasteiger partial charge in [-0.25, -0.2) is 0 Å². The zero-order valence-corrected chi connectivity index (χ0v) is 18.3. The van der Waals surface area contributed by atoms with E-state index < -0.39 is 0 Å². The molecule has 0 saturated carbocycles. The zero-order chi connectivity index (χ0) is 21.9. The lowest BCUT2D eigenvalue weighted by Crippen LogP contribution is -2.31. The van der Waals surface area contributed by atoms with Crippen molar-refractivity contribution in [2.24, 2.45) is 0 Å². The monoisotopic (exact) mass is 427 g/mol. The van der Waals surface area contributed by atoms with E-state index in [1.54, 1.807) is 7.11 Å². The number of nitrogens with zero attached hydrogens (tertiary/aromatic N) is 1. The Labute approximate surface area is 188 Å². The fourth-order valence-electron chi connectivity index (χ4n) is 4.25. The number of ether oxygens (including phenoxy) is 4. The molecule has 2 heterocycles. The van der Waals surface area contributed by atoms with E-state index in [9.17, 15) is 0 Å². The van der Waals surface area contributed by atoms with Gasteiger partial charge in [0.2, 0.25) is 12.5 Å². The molecule has 1 atom stereocenters. The number of methoxy groups -OCH3 is 1. The minimum atomic E-state index is -0.0905. The number of rotatable bonds is 4. The van der Waals surface area contributed by atoms with Crippen molar-refractivity contribution in [1.29, 1.82) is 0 Å². The number of hydrogen-bond acceptors (Lipinski definition) is 5. The highest BCUT2D eigenvalue weighted by molar-refractivity contribution is 5.64. The van der Waals surface area contributed by atoms with E-state index >= 15 is 0 Å². The Morgan fingerprint density at radius 3 is 2.59 bits per heavy atom. The van der Waals surface area contributed by atoms with Crippen molar-refractivity contribution in [2.75, 3.05) is 34.1 Å². The Bertz CT molecular complexity index is 1160. The van der Waals surface area contributed by atoms with Gasteiger partial charge in [0.25, 0.3) is 0 Å². The van der Waals surface area contributed by atoms with Gasteiger partial charge in [0.05, 0.1) is 7.11 Å². The van der Waals surface area contributed by atoms with Crippen LogP contribution in [0.5, 0.6) is 23.0 Å². The van der Waals surface area contributed by atoms with Crippen LogP contribution in [0.4, 0.5) is 0 Å². The highest BCUT2D eigenvalue weighted by Crippen LogP contribution is 2.49. The lowest BCUT2D eigenvalue weighted by molar-refractivity contribution is 0.171. The van der Waals surface area contributed by atoms with Gasteiger partial charge in [0.15, 0.2) is 11.5 Å².